The lowest BCUT2D eigenvalue weighted by molar-refractivity contribution is -0.384. The first-order chi connectivity index (χ1) is 13.4. The van der Waals surface area contributed by atoms with E-state index in [0.717, 1.165) is 15.4 Å². The second-order valence-corrected chi connectivity index (χ2v) is 6.82. The van der Waals surface area contributed by atoms with E-state index in [1.54, 1.807) is 18.2 Å². The number of nitro groups is 1. The van der Waals surface area contributed by atoms with Crippen molar-refractivity contribution in [3.8, 4) is 0 Å². The van der Waals surface area contributed by atoms with Crippen LogP contribution in [0.25, 0.3) is 0 Å². The van der Waals surface area contributed by atoms with Crippen LogP contribution in [0.5, 0.6) is 0 Å². The van der Waals surface area contributed by atoms with Crippen molar-refractivity contribution in [3.63, 3.8) is 0 Å². The first kappa shape index (κ1) is 19.5. The highest BCUT2D eigenvalue weighted by atomic mass is 79.9. The van der Waals surface area contributed by atoms with Crippen LogP contribution in [-0.2, 0) is 0 Å². The van der Waals surface area contributed by atoms with E-state index in [4.69, 9.17) is 0 Å². The third-order valence-corrected chi connectivity index (χ3v) is 4.82. The van der Waals surface area contributed by atoms with Gasteiger partial charge in [0.05, 0.1) is 21.7 Å². The first-order valence-corrected chi connectivity index (χ1v) is 9.12. The number of hydrogen-bond donors (Lipinski definition) is 2. The van der Waals surface area contributed by atoms with Crippen LogP contribution in [0, 0.1) is 10.1 Å². The van der Waals surface area contributed by atoms with Crippen LogP contribution < -0.4 is 10.6 Å². The van der Waals surface area contributed by atoms with E-state index in [1.165, 1.54) is 12.1 Å². The summed E-state index contributed by atoms with van der Waals surface area (Å²) in [5.74, 6) is -1.06. The second-order valence-electron chi connectivity index (χ2n) is 5.96. The summed E-state index contributed by atoms with van der Waals surface area (Å²) in [7, 11) is 0. The van der Waals surface area contributed by atoms with Gasteiger partial charge in [-0.1, -0.05) is 12.1 Å². The van der Waals surface area contributed by atoms with E-state index >= 15 is 0 Å². The SMILES string of the molecule is O=C(NCCCN1C(=O)c2ccc([N+](=O)[O-])cc2C1=O)Nc1ccccc1Br. The van der Waals surface area contributed by atoms with Gasteiger partial charge in [-0.25, -0.2) is 4.79 Å². The number of halogens is 1. The molecule has 3 rings (SSSR count). The highest BCUT2D eigenvalue weighted by molar-refractivity contribution is 9.10. The summed E-state index contributed by atoms with van der Waals surface area (Å²) in [6.07, 6.45) is 0.344. The van der Waals surface area contributed by atoms with Crippen LogP contribution in [0.2, 0.25) is 0 Å². The summed E-state index contributed by atoms with van der Waals surface area (Å²) < 4.78 is 0.741. The number of non-ortho nitro benzene ring substituents is 1. The van der Waals surface area contributed by atoms with Gasteiger partial charge in [0.2, 0.25) is 0 Å². The van der Waals surface area contributed by atoms with Gasteiger partial charge < -0.3 is 10.6 Å². The molecule has 0 radical (unpaired) electrons. The molecule has 0 saturated carbocycles. The lowest BCUT2D eigenvalue weighted by Crippen LogP contribution is -2.35. The molecule has 10 heteroatoms. The van der Waals surface area contributed by atoms with Crippen LogP contribution in [-0.4, -0.2) is 40.8 Å². The molecule has 0 atom stereocenters. The van der Waals surface area contributed by atoms with Crippen molar-refractivity contribution in [1.82, 2.24) is 10.2 Å². The molecule has 1 heterocycles. The molecule has 0 spiro atoms. The minimum Gasteiger partial charge on any atom is -0.338 e. The van der Waals surface area contributed by atoms with E-state index in [0.29, 0.717) is 12.1 Å². The Bertz CT molecular complexity index is 978. The Morgan fingerprint density at radius 3 is 2.54 bits per heavy atom. The maximum absolute atomic E-state index is 12.4. The molecule has 0 aromatic heterocycles. The summed E-state index contributed by atoms with van der Waals surface area (Å²) in [4.78, 5) is 47.9. The fourth-order valence-electron chi connectivity index (χ4n) is 2.76. The lowest BCUT2D eigenvalue weighted by atomic mass is 10.1. The van der Waals surface area contributed by atoms with Crippen molar-refractivity contribution in [3.05, 3.63) is 68.2 Å². The van der Waals surface area contributed by atoms with Gasteiger partial charge >= 0.3 is 6.03 Å². The zero-order valence-corrected chi connectivity index (χ0v) is 16.1. The number of rotatable bonds is 6. The second kappa shape index (κ2) is 8.17. The summed E-state index contributed by atoms with van der Waals surface area (Å²) in [6.45, 7) is 0.333. The van der Waals surface area contributed by atoms with E-state index < -0.39 is 22.8 Å². The van der Waals surface area contributed by atoms with Crippen molar-refractivity contribution < 1.29 is 19.3 Å². The van der Waals surface area contributed by atoms with Crippen molar-refractivity contribution in [2.75, 3.05) is 18.4 Å². The molecular formula is C18H15BrN4O5. The van der Waals surface area contributed by atoms with Gasteiger partial charge in [-0.15, -0.1) is 0 Å². The monoisotopic (exact) mass is 446 g/mol. The summed E-state index contributed by atoms with van der Waals surface area (Å²) in [5, 5.41) is 16.2. The van der Waals surface area contributed by atoms with Crippen molar-refractivity contribution in [2.45, 2.75) is 6.42 Å². The number of urea groups is 1. The standard InChI is InChI=1S/C18H15BrN4O5/c19-14-4-1-2-5-15(14)21-18(26)20-8-3-9-22-16(24)12-7-6-11(23(27)28)10-13(12)17(22)25/h1-2,4-7,10H,3,8-9H2,(H2,20,21,26). The largest absolute Gasteiger partial charge is 0.338 e. The van der Waals surface area contributed by atoms with Crippen LogP contribution in [0.4, 0.5) is 16.2 Å². The molecule has 0 unspecified atom stereocenters. The number of anilines is 1. The highest BCUT2D eigenvalue weighted by Crippen LogP contribution is 2.26. The van der Waals surface area contributed by atoms with Crippen LogP contribution in [0.1, 0.15) is 27.1 Å². The Hall–Kier alpha value is -3.27. The average molecular weight is 447 g/mol. The van der Waals surface area contributed by atoms with Gasteiger partial charge in [-0.2, -0.15) is 0 Å². The molecule has 144 valence electrons. The van der Waals surface area contributed by atoms with Crippen molar-refractivity contribution in [2.24, 2.45) is 0 Å². The molecule has 0 saturated heterocycles. The minimum absolute atomic E-state index is 0.0267. The van der Waals surface area contributed by atoms with Crippen LogP contribution in [0.3, 0.4) is 0 Å². The number of amides is 4. The fourth-order valence-corrected chi connectivity index (χ4v) is 3.15. The highest BCUT2D eigenvalue weighted by Gasteiger charge is 2.36. The molecule has 2 aromatic carbocycles. The molecule has 0 fully saturated rings. The Kier molecular flexibility index (Phi) is 5.69. The predicted octanol–water partition coefficient (Wildman–Crippen LogP) is 3.17. The van der Waals surface area contributed by atoms with E-state index in [2.05, 4.69) is 26.6 Å². The number of imide groups is 1. The lowest BCUT2D eigenvalue weighted by Gasteiger charge is -2.14. The molecule has 0 bridgehead atoms. The number of nitrogens with zero attached hydrogens (tertiary/aromatic N) is 2. The van der Waals surface area contributed by atoms with E-state index in [9.17, 15) is 24.5 Å². The number of nitrogens with one attached hydrogen (secondary N) is 2. The van der Waals surface area contributed by atoms with Gasteiger partial charge in [0.25, 0.3) is 17.5 Å². The Morgan fingerprint density at radius 1 is 1.11 bits per heavy atom. The summed E-state index contributed by atoms with van der Waals surface area (Å²) in [6, 6.07) is 10.3. The Labute approximate surface area is 168 Å². The zero-order valence-electron chi connectivity index (χ0n) is 14.5. The molecule has 1 aliphatic heterocycles. The molecule has 2 aromatic rings. The molecule has 28 heavy (non-hydrogen) atoms. The van der Waals surface area contributed by atoms with Crippen LogP contribution >= 0.6 is 15.9 Å². The van der Waals surface area contributed by atoms with E-state index in [1.807, 2.05) is 6.07 Å². The Morgan fingerprint density at radius 2 is 1.82 bits per heavy atom. The van der Waals surface area contributed by atoms with Crippen molar-refractivity contribution in [1.29, 1.82) is 0 Å². The smallest absolute Gasteiger partial charge is 0.319 e. The third kappa shape index (κ3) is 4.01. The third-order valence-electron chi connectivity index (χ3n) is 4.13. The van der Waals surface area contributed by atoms with Crippen molar-refractivity contribution >= 4 is 45.2 Å². The molecule has 2 N–H and O–H groups in total. The van der Waals surface area contributed by atoms with Gasteiger partial charge in [-0.05, 0) is 40.5 Å². The number of carbonyl (C=O) groups excluding carboxylic acids is 3. The first-order valence-electron chi connectivity index (χ1n) is 8.32. The van der Waals surface area contributed by atoms with Gasteiger partial charge in [-0.3, -0.25) is 24.6 Å². The van der Waals surface area contributed by atoms with Gasteiger partial charge in [0.15, 0.2) is 0 Å². The number of fused-ring (bicyclic) bond motifs is 1. The number of para-hydroxylation sites is 1. The number of hydrogen-bond acceptors (Lipinski definition) is 5. The molecule has 0 aliphatic carbocycles. The number of nitro benzene ring substituents is 1. The molecule has 9 nitrogen and oxygen atoms in total. The molecular weight excluding hydrogens is 432 g/mol. The zero-order chi connectivity index (χ0) is 20.3. The number of benzene rings is 2. The van der Waals surface area contributed by atoms with Gasteiger partial charge in [0, 0.05) is 29.7 Å². The topological polar surface area (TPSA) is 122 Å². The summed E-state index contributed by atoms with van der Waals surface area (Å²) in [5.41, 5.74) is 0.545. The molecule has 1 aliphatic rings. The van der Waals surface area contributed by atoms with E-state index in [-0.39, 0.29) is 29.9 Å². The predicted molar refractivity (Wildman–Crippen MR) is 104 cm³/mol. The van der Waals surface area contributed by atoms with Crippen LogP contribution in [0.15, 0.2) is 46.9 Å². The maximum Gasteiger partial charge on any atom is 0.319 e. The van der Waals surface area contributed by atoms with Gasteiger partial charge in [0.1, 0.15) is 0 Å². The average Bonchev–Trinajstić information content (AvgIpc) is 2.91. The minimum atomic E-state index is -0.617. The quantitative estimate of drug-likeness (QED) is 0.305. The number of carbonyl (C=O) groups is 3. The maximum atomic E-state index is 12.4. The molecule has 4 amide bonds. The fraction of sp³-hybridized carbons (Fsp3) is 0.167. The summed E-state index contributed by atoms with van der Waals surface area (Å²) >= 11 is 3.33. The Balaban J connectivity index is 1.52. The normalized spacial score (nSPS) is 12.7.